The first kappa shape index (κ1) is 41.9. The molecule has 59 heavy (non-hydrogen) atoms. The standard InChI is InChI=1S/C45H49NO13/c1-24-30(57-41(55)36(50)34(26-15-9-6-10-16-26)46-39(53)27-17-11-7-12-18-27)21-29-37(51)45(59-40(54)28-19-13-8-14-20-28)43(5,38(52)35(49)33(24)42(29,3)4)31(48)22-32-44(45,23-56-32)58-25(2)47/h6-20,29-32,34-37,48-51H,21-23H2,1-5H3,(H,46,53). The SMILES string of the molecule is CC(=O)OC12COC1CC(O)C1(C)C(=O)C(O)C3=C(C)C(OC(=O)C(O)C(NC(=O)c4ccccc4)c4ccccc4)CC(C(O)C21OC(=O)c1ccccc1)C3(C)C. The van der Waals surface area contributed by atoms with Gasteiger partial charge in [-0.3, -0.25) is 14.4 Å². The summed E-state index contributed by atoms with van der Waals surface area (Å²) in [5.41, 5.74) is -7.19. The van der Waals surface area contributed by atoms with Crippen LogP contribution in [0.2, 0.25) is 0 Å². The van der Waals surface area contributed by atoms with Crippen LogP contribution in [-0.4, -0.2) is 104 Å². The lowest BCUT2D eigenvalue weighted by Crippen LogP contribution is -2.89. The van der Waals surface area contributed by atoms with Crippen molar-refractivity contribution in [3.8, 4) is 0 Å². The van der Waals surface area contributed by atoms with E-state index in [0.717, 1.165) is 6.92 Å². The molecule has 11 unspecified atom stereocenters. The Hall–Kier alpha value is -5.25. The van der Waals surface area contributed by atoms with Crippen LogP contribution in [0.15, 0.2) is 102 Å². The van der Waals surface area contributed by atoms with E-state index in [1.165, 1.54) is 19.1 Å². The molecular formula is C45H49NO13. The molecule has 3 aliphatic carbocycles. The van der Waals surface area contributed by atoms with Crippen LogP contribution < -0.4 is 5.32 Å². The number of aliphatic hydroxyl groups is 4. The van der Waals surface area contributed by atoms with E-state index in [2.05, 4.69) is 5.32 Å². The van der Waals surface area contributed by atoms with Crippen LogP contribution >= 0.6 is 0 Å². The maximum Gasteiger partial charge on any atom is 0.338 e. The zero-order valence-corrected chi connectivity index (χ0v) is 33.4. The maximum atomic E-state index is 15.2. The Morgan fingerprint density at radius 1 is 0.831 bits per heavy atom. The van der Waals surface area contributed by atoms with Crippen molar-refractivity contribution in [2.24, 2.45) is 16.7 Å². The van der Waals surface area contributed by atoms with Crippen LogP contribution in [0.3, 0.4) is 0 Å². The van der Waals surface area contributed by atoms with Gasteiger partial charge in [0.1, 0.15) is 29.8 Å². The summed E-state index contributed by atoms with van der Waals surface area (Å²) in [4.78, 5) is 69.8. The van der Waals surface area contributed by atoms with Gasteiger partial charge >= 0.3 is 17.9 Å². The number of hydrogen-bond acceptors (Lipinski definition) is 13. The van der Waals surface area contributed by atoms with Crippen molar-refractivity contribution >= 4 is 29.6 Å². The van der Waals surface area contributed by atoms with Crippen molar-refractivity contribution in [2.45, 2.75) is 101 Å². The van der Waals surface area contributed by atoms with Gasteiger partial charge in [-0.25, -0.2) is 9.59 Å². The number of fused-ring (bicyclic) bond motifs is 5. The van der Waals surface area contributed by atoms with Crippen LogP contribution in [0, 0.1) is 16.7 Å². The highest BCUT2D eigenvalue weighted by Crippen LogP contribution is 2.65. The molecule has 0 aromatic heterocycles. The van der Waals surface area contributed by atoms with Gasteiger partial charge in [0.25, 0.3) is 5.91 Å². The Kier molecular flexibility index (Phi) is 10.9. The number of nitrogens with one attached hydrogen (secondary N) is 1. The summed E-state index contributed by atoms with van der Waals surface area (Å²) in [6.07, 6.45) is -10.6. The van der Waals surface area contributed by atoms with Crippen molar-refractivity contribution in [2.75, 3.05) is 6.61 Å². The quantitative estimate of drug-likeness (QED) is 0.120. The zero-order chi connectivity index (χ0) is 42.7. The molecule has 3 aromatic carbocycles. The van der Waals surface area contributed by atoms with E-state index >= 15 is 4.79 Å². The molecular weight excluding hydrogens is 762 g/mol. The molecule has 2 saturated carbocycles. The number of aliphatic hydroxyl groups excluding tert-OH is 4. The molecule has 1 amide bonds. The molecule has 3 fully saturated rings. The highest BCUT2D eigenvalue weighted by molar-refractivity contribution is 5.97. The van der Waals surface area contributed by atoms with Gasteiger partial charge < -0.3 is 44.7 Å². The molecule has 312 valence electrons. The minimum atomic E-state index is -2.59. The number of hydrogen-bond donors (Lipinski definition) is 5. The molecule has 0 spiro atoms. The largest absolute Gasteiger partial charge is 0.456 e. The van der Waals surface area contributed by atoms with Gasteiger partial charge in [-0.05, 0) is 66.7 Å². The smallest absolute Gasteiger partial charge is 0.338 e. The van der Waals surface area contributed by atoms with Crippen LogP contribution in [0.25, 0.3) is 0 Å². The topological polar surface area (TPSA) is 215 Å². The Morgan fingerprint density at radius 3 is 1.97 bits per heavy atom. The first-order valence-electron chi connectivity index (χ1n) is 19.6. The third-order valence-corrected chi connectivity index (χ3v) is 13.2. The number of ether oxygens (including phenoxy) is 4. The number of carbonyl (C=O) groups is 5. The second kappa shape index (κ2) is 15.4. The average molecular weight is 812 g/mol. The molecule has 0 radical (unpaired) electrons. The van der Waals surface area contributed by atoms with E-state index in [1.807, 2.05) is 0 Å². The van der Waals surface area contributed by atoms with Gasteiger partial charge in [0.2, 0.25) is 5.60 Å². The Bertz CT molecular complexity index is 2160. The van der Waals surface area contributed by atoms with Crippen LogP contribution in [0.4, 0.5) is 0 Å². The molecule has 7 rings (SSSR count). The van der Waals surface area contributed by atoms with Crippen LogP contribution in [-0.2, 0) is 33.3 Å². The second-order valence-corrected chi connectivity index (χ2v) is 16.7. The minimum Gasteiger partial charge on any atom is -0.456 e. The Labute approximate surface area is 341 Å². The van der Waals surface area contributed by atoms with Crippen molar-refractivity contribution in [1.82, 2.24) is 5.32 Å². The fourth-order valence-electron chi connectivity index (χ4n) is 10.1. The highest BCUT2D eigenvalue weighted by Gasteiger charge is 2.85. The number of Topliss-reactive ketones (excluding diaryl/α,β-unsaturated/α-hetero) is 1. The van der Waals surface area contributed by atoms with E-state index in [0.29, 0.717) is 5.56 Å². The van der Waals surface area contributed by atoms with Crippen molar-refractivity contribution in [3.63, 3.8) is 0 Å². The number of rotatable bonds is 9. The molecule has 2 bridgehead atoms. The van der Waals surface area contributed by atoms with E-state index in [9.17, 15) is 39.6 Å². The number of ketones is 1. The van der Waals surface area contributed by atoms with Crippen molar-refractivity contribution in [1.29, 1.82) is 0 Å². The lowest BCUT2D eigenvalue weighted by molar-refractivity contribution is -0.390. The lowest BCUT2D eigenvalue weighted by Gasteiger charge is -2.70. The molecule has 3 aromatic rings. The third kappa shape index (κ3) is 6.48. The number of esters is 3. The summed E-state index contributed by atoms with van der Waals surface area (Å²) in [7, 11) is 0. The summed E-state index contributed by atoms with van der Waals surface area (Å²) in [5, 5.41) is 51.8. The van der Waals surface area contributed by atoms with E-state index < -0.39 is 107 Å². The number of carbonyl (C=O) groups excluding carboxylic acids is 5. The van der Waals surface area contributed by atoms with Crippen molar-refractivity contribution < 1.29 is 63.3 Å². The molecule has 1 aliphatic heterocycles. The Morgan fingerprint density at radius 2 is 1.41 bits per heavy atom. The zero-order valence-electron chi connectivity index (χ0n) is 33.4. The molecule has 4 aliphatic rings. The maximum absolute atomic E-state index is 15.2. The first-order valence-corrected chi connectivity index (χ1v) is 19.6. The predicted octanol–water partition coefficient (Wildman–Crippen LogP) is 3.16. The van der Waals surface area contributed by atoms with Crippen LogP contribution in [0.5, 0.6) is 0 Å². The Balaban J connectivity index is 1.33. The highest BCUT2D eigenvalue weighted by atomic mass is 16.7. The van der Waals surface area contributed by atoms with E-state index in [4.69, 9.17) is 18.9 Å². The van der Waals surface area contributed by atoms with Gasteiger partial charge in [-0.2, -0.15) is 0 Å². The fourth-order valence-corrected chi connectivity index (χ4v) is 10.1. The fraction of sp³-hybridized carbons (Fsp3) is 0.444. The summed E-state index contributed by atoms with van der Waals surface area (Å²) in [5.74, 6) is -5.77. The summed E-state index contributed by atoms with van der Waals surface area (Å²) in [6, 6.07) is 23.0. The summed E-state index contributed by atoms with van der Waals surface area (Å²) in [6.45, 7) is 6.89. The second-order valence-electron chi connectivity index (χ2n) is 16.7. The molecule has 1 saturated heterocycles. The van der Waals surface area contributed by atoms with Crippen molar-refractivity contribution in [3.05, 3.63) is 119 Å². The molecule has 11 atom stereocenters. The normalized spacial score (nSPS) is 33.0. The van der Waals surface area contributed by atoms with Gasteiger partial charge in [0, 0.05) is 24.8 Å². The van der Waals surface area contributed by atoms with E-state index in [1.54, 1.807) is 99.6 Å². The first-order chi connectivity index (χ1) is 27.9. The van der Waals surface area contributed by atoms with Gasteiger partial charge in [0.15, 0.2) is 17.5 Å². The van der Waals surface area contributed by atoms with E-state index in [-0.39, 0.29) is 35.1 Å². The average Bonchev–Trinajstić information content (AvgIpc) is 3.22. The molecule has 1 heterocycles. The van der Waals surface area contributed by atoms with Crippen LogP contribution in [0.1, 0.15) is 79.8 Å². The van der Waals surface area contributed by atoms with Gasteiger partial charge in [0.05, 0.1) is 24.3 Å². The molecule has 14 nitrogen and oxygen atoms in total. The number of benzene rings is 3. The molecule has 14 heteroatoms. The van der Waals surface area contributed by atoms with Gasteiger partial charge in [-0.1, -0.05) is 80.6 Å². The summed E-state index contributed by atoms with van der Waals surface area (Å²) < 4.78 is 24.3. The van der Waals surface area contributed by atoms with Gasteiger partial charge in [-0.15, -0.1) is 0 Å². The minimum absolute atomic E-state index is 0.0220. The number of amides is 1. The molecule has 5 N–H and O–H groups in total. The summed E-state index contributed by atoms with van der Waals surface area (Å²) >= 11 is 0. The lowest BCUT2D eigenvalue weighted by atomic mass is 9.43. The third-order valence-electron chi connectivity index (χ3n) is 13.2. The predicted molar refractivity (Wildman–Crippen MR) is 208 cm³/mol. The monoisotopic (exact) mass is 811 g/mol.